The highest BCUT2D eigenvalue weighted by molar-refractivity contribution is 5.98. The van der Waals surface area contributed by atoms with Gasteiger partial charge in [-0.1, -0.05) is 18.7 Å². The van der Waals surface area contributed by atoms with Crippen LogP contribution in [0.25, 0.3) is 5.57 Å². The summed E-state index contributed by atoms with van der Waals surface area (Å²) in [6.45, 7) is 5.75. The summed E-state index contributed by atoms with van der Waals surface area (Å²) in [6, 6.07) is 5.79. The van der Waals surface area contributed by atoms with Crippen LogP contribution >= 0.6 is 0 Å². The number of rotatable bonds is 6. The largest absolute Gasteiger partial charge is 0.573 e. The van der Waals surface area contributed by atoms with Gasteiger partial charge in [-0.3, -0.25) is 9.78 Å². The van der Waals surface area contributed by atoms with Gasteiger partial charge in [-0.2, -0.15) is 5.10 Å². The molecule has 1 saturated carbocycles. The van der Waals surface area contributed by atoms with E-state index < -0.39 is 17.6 Å². The van der Waals surface area contributed by atoms with Crippen LogP contribution in [0.1, 0.15) is 36.2 Å². The maximum atomic E-state index is 12.3. The Kier molecular flexibility index (Phi) is 5.33. The Bertz CT molecular complexity index is 1300. The van der Waals surface area contributed by atoms with Gasteiger partial charge in [-0.05, 0) is 48.4 Å². The highest BCUT2D eigenvalue weighted by Gasteiger charge is 2.42. The predicted molar refractivity (Wildman–Crippen MR) is 111 cm³/mol. The quantitative estimate of drug-likeness (QED) is 0.568. The summed E-state index contributed by atoms with van der Waals surface area (Å²) in [4.78, 5) is 32.0. The molecule has 2 aromatic heterocycles. The molecule has 4 rings (SSSR count). The number of aromatic amines is 2. The van der Waals surface area contributed by atoms with E-state index in [1.54, 1.807) is 31.5 Å². The third-order valence-corrected chi connectivity index (χ3v) is 5.16. The van der Waals surface area contributed by atoms with Gasteiger partial charge in [-0.25, -0.2) is 14.5 Å². The van der Waals surface area contributed by atoms with Crippen LogP contribution in [0.2, 0.25) is 0 Å². The van der Waals surface area contributed by atoms with Crippen molar-refractivity contribution in [2.45, 2.75) is 25.6 Å². The number of imidazole rings is 1. The van der Waals surface area contributed by atoms with Gasteiger partial charge in [0.05, 0.1) is 11.3 Å². The number of allylic oxidation sites excluding steroid dienone is 1. The Balaban J connectivity index is 1.50. The highest BCUT2D eigenvalue weighted by Crippen LogP contribution is 2.54. The average Bonchev–Trinajstić information content (AvgIpc) is 3.38. The zero-order valence-electron chi connectivity index (χ0n) is 16.8. The molecule has 0 unspecified atom stereocenters. The number of aromatic nitrogens is 4. The molecule has 8 nitrogen and oxygen atoms in total. The number of nitrogens with zero attached hydrogens (tertiary/aromatic N) is 3. The van der Waals surface area contributed by atoms with E-state index in [9.17, 15) is 22.8 Å². The van der Waals surface area contributed by atoms with Gasteiger partial charge in [0.1, 0.15) is 5.75 Å². The number of hydrogen-bond acceptors (Lipinski definition) is 5. The minimum absolute atomic E-state index is 0.0533. The lowest BCUT2D eigenvalue weighted by Gasteiger charge is -2.10. The zero-order valence-corrected chi connectivity index (χ0v) is 16.8. The first-order valence-electron chi connectivity index (χ1n) is 9.58. The van der Waals surface area contributed by atoms with Gasteiger partial charge in [0.15, 0.2) is 5.82 Å². The third-order valence-electron chi connectivity index (χ3n) is 5.16. The van der Waals surface area contributed by atoms with Gasteiger partial charge in [0.2, 0.25) is 0 Å². The van der Waals surface area contributed by atoms with Crippen molar-refractivity contribution in [1.29, 1.82) is 0 Å². The minimum Gasteiger partial charge on any atom is -0.406 e. The molecule has 11 heteroatoms. The molecule has 1 aromatic carbocycles. The van der Waals surface area contributed by atoms with Crippen molar-refractivity contribution in [3.05, 3.63) is 87.2 Å². The van der Waals surface area contributed by atoms with Crippen molar-refractivity contribution in [1.82, 2.24) is 19.6 Å². The molecule has 3 aromatic rings. The second-order valence-electron chi connectivity index (χ2n) is 7.36. The van der Waals surface area contributed by atoms with Crippen molar-refractivity contribution in [2.24, 2.45) is 11.0 Å². The monoisotopic (exact) mass is 445 g/mol. The molecule has 2 N–H and O–H groups in total. The van der Waals surface area contributed by atoms with E-state index in [-0.39, 0.29) is 23.1 Å². The molecule has 0 amide bonds. The van der Waals surface area contributed by atoms with Crippen LogP contribution in [0.15, 0.2) is 64.1 Å². The summed E-state index contributed by atoms with van der Waals surface area (Å²) in [5.41, 5.74) is 1.00. The normalized spacial score (nSPS) is 18.4. The third kappa shape index (κ3) is 4.56. The molecule has 0 radical (unpaired) electrons. The first-order chi connectivity index (χ1) is 15.1. The van der Waals surface area contributed by atoms with Crippen LogP contribution in [0.4, 0.5) is 13.2 Å². The molecular formula is C21H18F3N5O3. The zero-order chi connectivity index (χ0) is 23.0. The Morgan fingerprint density at radius 1 is 1.28 bits per heavy atom. The highest BCUT2D eigenvalue weighted by atomic mass is 19.4. The molecule has 32 heavy (non-hydrogen) atoms. The summed E-state index contributed by atoms with van der Waals surface area (Å²) in [7, 11) is 0. The lowest BCUT2D eigenvalue weighted by molar-refractivity contribution is -0.274. The second kappa shape index (κ2) is 7.98. The summed E-state index contributed by atoms with van der Waals surface area (Å²) < 4.78 is 42.4. The van der Waals surface area contributed by atoms with E-state index in [4.69, 9.17) is 0 Å². The number of hydrogen-bond donors (Lipinski definition) is 2. The summed E-state index contributed by atoms with van der Waals surface area (Å²) in [5, 5.41) is 4.40. The number of alkyl halides is 3. The van der Waals surface area contributed by atoms with Crippen LogP contribution in [-0.2, 0) is 0 Å². The van der Waals surface area contributed by atoms with E-state index in [0.29, 0.717) is 11.5 Å². The van der Waals surface area contributed by atoms with Gasteiger partial charge in [0, 0.05) is 18.6 Å². The van der Waals surface area contributed by atoms with Crippen molar-refractivity contribution >= 4 is 11.3 Å². The molecule has 0 spiro atoms. The minimum atomic E-state index is -4.73. The van der Waals surface area contributed by atoms with E-state index in [2.05, 4.69) is 31.4 Å². The molecule has 0 bridgehead atoms. The van der Waals surface area contributed by atoms with Gasteiger partial charge in [0.25, 0.3) is 5.56 Å². The van der Waals surface area contributed by atoms with Crippen LogP contribution in [0, 0.1) is 5.92 Å². The molecule has 166 valence electrons. The molecule has 0 saturated heterocycles. The molecule has 0 aliphatic heterocycles. The van der Waals surface area contributed by atoms with Crippen molar-refractivity contribution < 1.29 is 17.9 Å². The number of H-pyrrole nitrogens is 2. The Morgan fingerprint density at radius 3 is 2.66 bits per heavy atom. The predicted octanol–water partition coefficient (Wildman–Crippen LogP) is 3.25. The topological polar surface area (TPSA) is 105 Å². The maximum Gasteiger partial charge on any atom is 0.573 e. The van der Waals surface area contributed by atoms with Crippen LogP contribution in [0.5, 0.6) is 5.75 Å². The van der Waals surface area contributed by atoms with E-state index in [1.807, 2.05) is 0 Å². The standard InChI is InChI=1S/C21H18F3N5O3/c1-11(15-9-16(15)13-3-5-14(6-4-13)32-21(22,23)24)18-25-7-8-29(18)28-12(2)17-10-26-20(31)27-19(17)30/h3-8,10,15-16H,1,9H2,2H3,(H2,26,27,30,31)/b28-12+/t15-,16-/m1/s1. The lowest BCUT2D eigenvalue weighted by atomic mass is 10.1. The Morgan fingerprint density at radius 2 is 2.00 bits per heavy atom. The van der Waals surface area contributed by atoms with Crippen molar-refractivity contribution in [2.75, 3.05) is 0 Å². The van der Waals surface area contributed by atoms with Gasteiger partial charge >= 0.3 is 12.1 Å². The molecular weight excluding hydrogens is 427 g/mol. The van der Waals surface area contributed by atoms with Gasteiger partial charge in [-0.15, -0.1) is 13.2 Å². The number of benzene rings is 1. The molecule has 2 atom stereocenters. The number of ether oxygens (including phenoxy) is 1. The second-order valence-corrected chi connectivity index (χ2v) is 7.36. The van der Waals surface area contributed by atoms with Crippen molar-refractivity contribution in [3.63, 3.8) is 0 Å². The van der Waals surface area contributed by atoms with Crippen LogP contribution in [0.3, 0.4) is 0 Å². The fourth-order valence-corrected chi connectivity index (χ4v) is 3.53. The van der Waals surface area contributed by atoms with Gasteiger partial charge < -0.3 is 9.72 Å². The first kappa shape index (κ1) is 21.3. The molecule has 1 aliphatic carbocycles. The van der Waals surface area contributed by atoms with Crippen LogP contribution < -0.4 is 16.0 Å². The van der Waals surface area contributed by atoms with E-state index in [1.165, 1.54) is 23.0 Å². The smallest absolute Gasteiger partial charge is 0.406 e. The number of nitrogens with one attached hydrogen (secondary N) is 2. The maximum absolute atomic E-state index is 12.3. The van der Waals surface area contributed by atoms with E-state index in [0.717, 1.165) is 17.6 Å². The molecule has 1 fully saturated rings. The summed E-state index contributed by atoms with van der Waals surface area (Å²) >= 11 is 0. The number of halogens is 3. The lowest BCUT2D eigenvalue weighted by Crippen LogP contribution is -2.26. The average molecular weight is 445 g/mol. The Hall–Kier alpha value is -3.89. The first-order valence-corrected chi connectivity index (χ1v) is 9.58. The van der Waals surface area contributed by atoms with Crippen molar-refractivity contribution in [3.8, 4) is 5.75 Å². The fraction of sp³-hybridized carbons (Fsp3) is 0.238. The summed E-state index contributed by atoms with van der Waals surface area (Å²) in [6.07, 6.45) is 0.495. The molecule has 1 aliphatic rings. The SMILES string of the molecule is C=C(c1nccn1/N=C(\C)c1c[nH]c(=O)[nH]c1=O)[C@H]1C[C@@H]1c1ccc(OC(F)(F)F)cc1. The van der Waals surface area contributed by atoms with Crippen LogP contribution in [-0.4, -0.2) is 31.7 Å². The fourth-order valence-electron chi connectivity index (χ4n) is 3.53. The summed E-state index contributed by atoms with van der Waals surface area (Å²) in [5.74, 6) is 0.391. The Labute approximate surface area is 179 Å². The van der Waals surface area contributed by atoms with E-state index >= 15 is 0 Å². The molecule has 2 heterocycles.